The molecule has 2 atom stereocenters. The number of fused-ring (bicyclic) bond motifs is 1. The second-order valence-corrected chi connectivity index (χ2v) is 8.21. The Bertz CT molecular complexity index is 591. The lowest BCUT2D eigenvalue weighted by Gasteiger charge is -2.47. The van der Waals surface area contributed by atoms with Crippen molar-refractivity contribution in [2.24, 2.45) is 5.41 Å². The number of aliphatic carboxylic acids is 1. The van der Waals surface area contributed by atoms with Gasteiger partial charge in [0.15, 0.2) is 0 Å². The molecule has 1 aliphatic carbocycles. The number of ether oxygens (including phenoxy) is 1. The van der Waals surface area contributed by atoms with Crippen molar-refractivity contribution in [1.82, 2.24) is 9.96 Å². The smallest absolute Gasteiger partial charge is 0.475 e. The Morgan fingerprint density at radius 2 is 1.69 bits per heavy atom. The summed E-state index contributed by atoms with van der Waals surface area (Å²) in [7, 11) is 0. The fourth-order valence-electron chi connectivity index (χ4n) is 4.89. The molecule has 4 rings (SSSR count). The van der Waals surface area contributed by atoms with Gasteiger partial charge in [0.05, 0.1) is 24.7 Å². The Labute approximate surface area is 168 Å². The molecule has 10 heteroatoms. The zero-order valence-corrected chi connectivity index (χ0v) is 16.5. The Morgan fingerprint density at radius 1 is 1.00 bits per heavy atom. The van der Waals surface area contributed by atoms with Crippen molar-refractivity contribution < 1.29 is 37.4 Å². The van der Waals surface area contributed by atoms with E-state index in [4.69, 9.17) is 19.5 Å². The number of carbonyl (C=O) groups excluding carboxylic acids is 1. The number of hydroxylamine groups is 2. The zero-order valence-electron chi connectivity index (χ0n) is 16.5. The van der Waals surface area contributed by atoms with E-state index in [0.29, 0.717) is 12.6 Å². The third-order valence-electron chi connectivity index (χ3n) is 6.39. The number of halogens is 3. The van der Waals surface area contributed by atoms with Crippen molar-refractivity contribution in [3.8, 4) is 0 Å². The Morgan fingerprint density at radius 3 is 2.28 bits per heavy atom. The number of carboxylic acids is 1. The lowest BCUT2D eigenvalue weighted by atomic mass is 9.74. The summed E-state index contributed by atoms with van der Waals surface area (Å²) in [4.78, 5) is 30.2. The summed E-state index contributed by atoms with van der Waals surface area (Å²) in [5, 5.41) is 8.76. The van der Waals surface area contributed by atoms with Crippen molar-refractivity contribution >= 4 is 11.9 Å². The average Bonchev–Trinajstić information content (AvgIpc) is 3.37. The van der Waals surface area contributed by atoms with Gasteiger partial charge in [-0.3, -0.25) is 14.5 Å². The molecule has 1 N–H and O–H groups in total. The van der Waals surface area contributed by atoms with Crippen molar-refractivity contribution in [3.63, 3.8) is 0 Å². The number of alkyl halides is 3. The number of rotatable bonds is 2. The molecule has 4 aliphatic rings. The molecular weight excluding hydrogens is 393 g/mol. The molecule has 166 valence electrons. The number of carboxylic acid groups (broad SMARTS) is 1. The van der Waals surface area contributed by atoms with Crippen molar-refractivity contribution in [2.45, 2.75) is 69.7 Å². The minimum Gasteiger partial charge on any atom is -0.475 e. The molecule has 29 heavy (non-hydrogen) atoms. The molecule has 0 aromatic heterocycles. The van der Waals surface area contributed by atoms with E-state index < -0.39 is 12.1 Å². The van der Waals surface area contributed by atoms with Crippen molar-refractivity contribution in [1.29, 1.82) is 0 Å². The molecule has 1 saturated carbocycles. The van der Waals surface area contributed by atoms with Crippen LogP contribution in [0.25, 0.3) is 0 Å². The quantitative estimate of drug-likeness (QED) is 0.737. The summed E-state index contributed by atoms with van der Waals surface area (Å²) in [6, 6.07) is 0.680. The number of hydrogen-bond donors (Lipinski definition) is 1. The SMILES string of the molecule is O=C(N1CCCO1)[C@@]12CCO[C@@H]1CCN(C1CCCCC1)C2.O=C(O)C(F)(F)F. The number of amides is 1. The molecule has 7 nitrogen and oxygen atoms in total. The first kappa shape index (κ1) is 22.3. The van der Waals surface area contributed by atoms with Gasteiger partial charge < -0.3 is 9.84 Å². The lowest BCUT2D eigenvalue weighted by Crippen LogP contribution is -2.59. The van der Waals surface area contributed by atoms with Crippen LogP contribution in [0, 0.1) is 5.41 Å². The molecule has 3 saturated heterocycles. The molecule has 0 aromatic carbocycles. The third-order valence-corrected chi connectivity index (χ3v) is 6.39. The van der Waals surface area contributed by atoms with E-state index in [0.717, 1.165) is 45.5 Å². The first-order valence-corrected chi connectivity index (χ1v) is 10.3. The second-order valence-electron chi connectivity index (χ2n) is 8.21. The van der Waals surface area contributed by atoms with Gasteiger partial charge in [-0.1, -0.05) is 19.3 Å². The number of nitrogens with zero attached hydrogens (tertiary/aromatic N) is 2. The van der Waals surface area contributed by atoms with Crippen molar-refractivity contribution in [2.75, 3.05) is 32.8 Å². The molecule has 1 amide bonds. The Kier molecular flexibility index (Phi) is 7.06. The van der Waals surface area contributed by atoms with Gasteiger partial charge in [-0.05, 0) is 32.1 Å². The van der Waals surface area contributed by atoms with Crippen LogP contribution in [-0.4, -0.2) is 78.1 Å². The van der Waals surface area contributed by atoms with E-state index in [2.05, 4.69) is 4.90 Å². The van der Waals surface area contributed by atoms with Crippen LogP contribution in [0.2, 0.25) is 0 Å². The van der Waals surface area contributed by atoms with Crippen LogP contribution in [-0.2, 0) is 19.2 Å². The number of carbonyl (C=O) groups is 2. The monoisotopic (exact) mass is 422 g/mol. The number of likely N-dealkylation sites (tertiary alicyclic amines) is 1. The first-order valence-electron chi connectivity index (χ1n) is 10.3. The Hall–Kier alpha value is -1.39. The highest BCUT2D eigenvalue weighted by molar-refractivity contribution is 5.83. The second kappa shape index (κ2) is 9.18. The van der Waals surface area contributed by atoms with Gasteiger partial charge in [0, 0.05) is 25.7 Å². The normalized spacial score (nSPS) is 31.1. The minimum absolute atomic E-state index is 0.101. The maximum absolute atomic E-state index is 13.1. The van der Waals surface area contributed by atoms with E-state index in [-0.39, 0.29) is 17.4 Å². The summed E-state index contributed by atoms with van der Waals surface area (Å²) in [6.45, 7) is 4.12. The fraction of sp³-hybridized carbons (Fsp3) is 0.895. The molecule has 0 bridgehead atoms. The predicted molar refractivity (Wildman–Crippen MR) is 95.8 cm³/mol. The number of hydrogen-bond acceptors (Lipinski definition) is 5. The number of piperidine rings is 1. The van der Waals surface area contributed by atoms with Crippen LogP contribution in [0.1, 0.15) is 51.4 Å². The summed E-state index contributed by atoms with van der Waals surface area (Å²) >= 11 is 0. The van der Waals surface area contributed by atoms with Crippen LogP contribution < -0.4 is 0 Å². The van der Waals surface area contributed by atoms with Gasteiger partial charge in [0.1, 0.15) is 0 Å². The minimum atomic E-state index is -5.08. The molecule has 0 spiro atoms. The topological polar surface area (TPSA) is 79.3 Å². The first-order chi connectivity index (χ1) is 13.7. The van der Waals surface area contributed by atoms with Crippen LogP contribution in [0.4, 0.5) is 13.2 Å². The van der Waals surface area contributed by atoms with E-state index in [1.807, 2.05) is 0 Å². The standard InChI is InChI=1S/C17H28N2O3.C2HF3O2/c20-16(19-9-4-11-22-19)17-8-12-21-15(17)7-10-18(13-17)14-5-2-1-3-6-14;3-2(4,5)1(6)7/h14-15H,1-13H2;(H,6,7)/t15-,17-;/m1./s1. The highest BCUT2D eigenvalue weighted by atomic mass is 19.4. The predicted octanol–water partition coefficient (Wildman–Crippen LogP) is 2.60. The summed E-state index contributed by atoms with van der Waals surface area (Å²) in [5.41, 5.74) is -0.347. The fourth-order valence-corrected chi connectivity index (χ4v) is 4.89. The third kappa shape index (κ3) is 5.03. The maximum atomic E-state index is 13.1. The van der Waals surface area contributed by atoms with E-state index in [1.165, 1.54) is 32.1 Å². The van der Waals surface area contributed by atoms with E-state index in [9.17, 15) is 18.0 Å². The van der Waals surface area contributed by atoms with Crippen LogP contribution >= 0.6 is 0 Å². The van der Waals surface area contributed by atoms with Crippen LogP contribution in [0.5, 0.6) is 0 Å². The Balaban J connectivity index is 0.000000298. The van der Waals surface area contributed by atoms with E-state index >= 15 is 0 Å². The highest BCUT2D eigenvalue weighted by Crippen LogP contribution is 2.44. The molecule has 3 aliphatic heterocycles. The average molecular weight is 422 g/mol. The summed E-state index contributed by atoms with van der Waals surface area (Å²) < 4.78 is 37.7. The highest BCUT2D eigenvalue weighted by Gasteiger charge is 2.56. The molecule has 0 aromatic rings. The van der Waals surface area contributed by atoms with Crippen molar-refractivity contribution in [3.05, 3.63) is 0 Å². The maximum Gasteiger partial charge on any atom is 0.490 e. The van der Waals surface area contributed by atoms with Gasteiger partial charge in [-0.25, -0.2) is 9.86 Å². The van der Waals surface area contributed by atoms with Crippen LogP contribution in [0.3, 0.4) is 0 Å². The molecule has 0 radical (unpaired) electrons. The lowest BCUT2D eigenvalue weighted by molar-refractivity contribution is -0.192. The van der Waals surface area contributed by atoms with Gasteiger partial charge >= 0.3 is 12.1 Å². The molecule has 3 heterocycles. The summed E-state index contributed by atoms with van der Waals surface area (Å²) in [6.07, 6.45) is 4.50. The van der Waals surface area contributed by atoms with Gasteiger partial charge in [0.2, 0.25) is 0 Å². The van der Waals surface area contributed by atoms with Gasteiger partial charge in [0.25, 0.3) is 5.91 Å². The van der Waals surface area contributed by atoms with Gasteiger partial charge in [-0.15, -0.1) is 0 Å². The molecular formula is C19H29F3N2O5. The van der Waals surface area contributed by atoms with Gasteiger partial charge in [-0.2, -0.15) is 13.2 Å². The summed E-state index contributed by atoms with van der Waals surface area (Å²) in [5.74, 6) is -2.57. The molecule has 0 unspecified atom stereocenters. The molecule has 4 fully saturated rings. The largest absolute Gasteiger partial charge is 0.490 e. The van der Waals surface area contributed by atoms with Crippen LogP contribution in [0.15, 0.2) is 0 Å². The van der Waals surface area contributed by atoms with E-state index in [1.54, 1.807) is 5.06 Å². The zero-order chi connectivity index (χ0) is 21.1.